The minimum absolute atomic E-state index is 0.0332. The Morgan fingerprint density at radius 1 is 1.19 bits per heavy atom. The van der Waals surface area contributed by atoms with Gasteiger partial charge in [0.1, 0.15) is 0 Å². The Morgan fingerprint density at radius 2 is 1.96 bits per heavy atom. The van der Waals surface area contributed by atoms with Crippen molar-refractivity contribution in [1.29, 1.82) is 0 Å². The molecular weight excluding hydrogens is 346 g/mol. The highest BCUT2D eigenvalue weighted by molar-refractivity contribution is 7.99. The Labute approximate surface area is 158 Å². The number of hydrogen-bond acceptors (Lipinski definition) is 5. The first-order valence-corrected chi connectivity index (χ1v) is 9.84. The van der Waals surface area contributed by atoms with Gasteiger partial charge in [-0.2, -0.15) is 0 Å². The number of hydrogen-bond donors (Lipinski definition) is 1. The van der Waals surface area contributed by atoms with Crippen LogP contribution in [0.2, 0.25) is 0 Å². The van der Waals surface area contributed by atoms with Crippen LogP contribution in [0, 0.1) is 5.92 Å². The molecule has 1 atom stereocenters. The molecule has 0 radical (unpaired) electrons. The van der Waals surface area contributed by atoms with Crippen molar-refractivity contribution in [2.24, 2.45) is 5.92 Å². The molecule has 1 aromatic heterocycles. The minimum Gasteiger partial charge on any atom is -0.481 e. The summed E-state index contributed by atoms with van der Waals surface area (Å²) in [5.74, 6) is 1.27. The molecular formula is C20H23N3O2S. The monoisotopic (exact) mass is 369 g/mol. The molecule has 0 saturated carbocycles. The highest BCUT2D eigenvalue weighted by Crippen LogP contribution is 2.30. The Kier molecular flexibility index (Phi) is 5.13. The fourth-order valence-corrected chi connectivity index (χ4v) is 4.59. The number of ether oxygens (including phenoxy) is 1. The van der Waals surface area contributed by atoms with E-state index < -0.39 is 0 Å². The van der Waals surface area contributed by atoms with E-state index in [0.717, 1.165) is 21.9 Å². The van der Waals surface area contributed by atoms with Gasteiger partial charge in [0.05, 0.1) is 7.11 Å². The summed E-state index contributed by atoms with van der Waals surface area (Å²) < 4.78 is 5.16. The maximum atomic E-state index is 12.6. The summed E-state index contributed by atoms with van der Waals surface area (Å²) in [5, 5.41) is 3.24. The highest BCUT2D eigenvalue weighted by Gasteiger charge is 2.34. The lowest BCUT2D eigenvalue weighted by molar-refractivity contribution is 0.0620. The molecule has 0 spiro atoms. The van der Waals surface area contributed by atoms with Gasteiger partial charge in [-0.05, 0) is 62.2 Å². The van der Waals surface area contributed by atoms with Gasteiger partial charge in [-0.3, -0.25) is 4.79 Å². The van der Waals surface area contributed by atoms with Crippen LogP contribution in [0.4, 0.5) is 0 Å². The highest BCUT2D eigenvalue weighted by atomic mass is 32.2. The third-order valence-corrected chi connectivity index (χ3v) is 6.24. The van der Waals surface area contributed by atoms with E-state index >= 15 is 0 Å². The number of benzene rings is 1. The van der Waals surface area contributed by atoms with E-state index in [2.05, 4.69) is 15.2 Å². The lowest BCUT2D eigenvalue weighted by atomic mass is 9.84. The first-order valence-electron chi connectivity index (χ1n) is 9.02. The molecule has 3 aliphatic rings. The summed E-state index contributed by atoms with van der Waals surface area (Å²) in [6, 6.07) is 11.9. The normalized spacial score (nSPS) is 24.3. The average Bonchev–Trinajstić information content (AvgIpc) is 2.69. The SMILES string of the molecule is COc1cc(Sc2ccc(C(=O)N[C@H]3CN4CCC3CC4)cc2)ccn1. The number of nitrogens with one attached hydrogen (secondary N) is 1. The third kappa shape index (κ3) is 3.86. The van der Waals surface area contributed by atoms with Crippen LogP contribution in [-0.4, -0.2) is 48.6 Å². The maximum Gasteiger partial charge on any atom is 0.251 e. The zero-order valence-electron chi connectivity index (χ0n) is 14.9. The second-order valence-corrected chi connectivity index (χ2v) is 8.03. The molecule has 26 heavy (non-hydrogen) atoms. The van der Waals surface area contributed by atoms with Crippen LogP contribution in [0.15, 0.2) is 52.4 Å². The van der Waals surface area contributed by atoms with Gasteiger partial charge < -0.3 is 15.0 Å². The summed E-state index contributed by atoms with van der Waals surface area (Å²) in [6.07, 6.45) is 4.14. The van der Waals surface area contributed by atoms with Crippen molar-refractivity contribution in [2.45, 2.75) is 28.7 Å². The van der Waals surface area contributed by atoms with Crippen LogP contribution < -0.4 is 10.1 Å². The molecule has 5 rings (SSSR count). The quantitative estimate of drug-likeness (QED) is 0.878. The number of aromatic nitrogens is 1. The number of methoxy groups -OCH3 is 1. The van der Waals surface area contributed by atoms with Crippen LogP contribution >= 0.6 is 11.8 Å². The van der Waals surface area contributed by atoms with Gasteiger partial charge in [0.25, 0.3) is 5.91 Å². The van der Waals surface area contributed by atoms with Gasteiger partial charge in [0, 0.05) is 40.2 Å². The van der Waals surface area contributed by atoms with E-state index in [4.69, 9.17) is 4.74 Å². The van der Waals surface area contributed by atoms with E-state index in [0.29, 0.717) is 17.8 Å². The van der Waals surface area contributed by atoms with Crippen molar-refractivity contribution in [3.05, 3.63) is 48.2 Å². The summed E-state index contributed by atoms with van der Waals surface area (Å²) in [7, 11) is 1.61. The summed E-state index contributed by atoms with van der Waals surface area (Å²) in [4.78, 5) is 21.3. The first kappa shape index (κ1) is 17.4. The molecule has 2 aromatic rings. The van der Waals surface area contributed by atoms with Gasteiger partial charge in [0.2, 0.25) is 5.88 Å². The summed E-state index contributed by atoms with van der Waals surface area (Å²) >= 11 is 1.62. The van der Waals surface area contributed by atoms with Crippen molar-refractivity contribution in [3.8, 4) is 5.88 Å². The minimum atomic E-state index is 0.0332. The second-order valence-electron chi connectivity index (χ2n) is 6.88. The number of nitrogens with zero attached hydrogens (tertiary/aromatic N) is 2. The molecule has 4 heterocycles. The Morgan fingerprint density at radius 3 is 2.62 bits per heavy atom. The van der Waals surface area contributed by atoms with Gasteiger partial charge >= 0.3 is 0 Å². The molecule has 3 saturated heterocycles. The van der Waals surface area contributed by atoms with Gasteiger partial charge in [-0.15, -0.1) is 0 Å². The van der Waals surface area contributed by atoms with E-state index in [1.165, 1.54) is 25.9 Å². The predicted molar refractivity (Wildman–Crippen MR) is 102 cm³/mol. The molecule has 136 valence electrons. The Hall–Kier alpha value is -2.05. The van der Waals surface area contributed by atoms with Crippen molar-refractivity contribution in [3.63, 3.8) is 0 Å². The molecule has 3 aliphatic heterocycles. The van der Waals surface area contributed by atoms with Crippen LogP contribution in [0.3, 0.4) is 0 Å². The van der Waals surface area contributed by atoms with E-state index in [-0.39, 0.29) is 5.91 Å². The van der Waals surface area contributed by atoms with Crippen LogP contribution in [0.1, 0.15) is 23.2 Å². The van der Waals surface area contributed by atoms with Gasteiger partial charge in [0.15, 0.2) is 0 Å². The molecule has 0 aliphatic carbocycles. The van der Waals surface area contributed by atoms with Crippen molar-refractivity contribution in [1.82, 2.24) is 15.2 Å². The summed E-state index contributed by atoms with van der Waals surface area (Å²) in [6.45, 7) is 3.36. The number of rotatable bonds is 5. The number of carbonyl (C=O) groups excluding carboxylic acids is 1. The Bertz CT molecular complexity index is 773. The number of fused-ring (bicyclic) bond motifs is 3. The fourth-order valence-electron chi connectivity index (χ4n) is 3.76. The van der Waals surface area contributed by atoms with Crippen molar-refractivity contribution >= 4 is 17.7 Å². The van der Waals surface area contributed by atoms with Crippen LogP contribution in [-0.2, 0) is 0 Å². The molecule has 0 unspecified atom stereocenters. The van der Waals surface area contributed by atoms with E-state index in [9.17, 15) is 4.79 Å². The molecule has 3 fully saturated rings. The first-order chi connectivity index (χ1) is 12.7. The lowest BCUT2D eigenvalue weighted by Gasteiger charge is -2.44. The Balaban J connectivity index is 1.38. The van der Waals surface area contributed by atoms with Crippen molar-refractivity contribution in [2.75, 3.05) is 26.7 Å². The lowest BCUT2D eigenvalue weighted by Crippen LogP contribution is -2.57. The zero-order chi connectivity index (χ0) is 17.9. The second kappa shape index (κ2) is 7.68. The number of carbonyl (C=O) groups is 1. The van der Waals surface area contributed by atoms with E-state index in [1.54, 1.807) is 25.1 Å². The van der Waals surface area contributed by atoms with Gasteiger partial charge in [-0.1, -0.05) is 11.8 Å². The molecule has 1 aromatic carbocycles. The molecule has 6 heteroatoms. The van der Waals surface area contributed by atoms with E-state index in [1.807, 2.05) is 36.4 Å². The van der Waals surface area contributed by atoms with Crippen molar-refractivity contribution < 1.29 is 9.53 Å². The largest absolute Gasteiger partial charge is 0.481 e. The standard InChI is InChI=1S/C20H23N3O2S/c1-25-19-12-17(6-9-21-19)26-16-4-2-15(3-5-16)20(24)22-18-13-23-10-7-14(18)8-11-23/h2-6,9,12,14,18H,7-8,10-11,13H2,1H3,(H,22,24)/t18-/m0/s1. The van der Waals surface area contributed by atoms with Crippen LogP contribution in [0.5, 0.6) is 5.88 Å². The van der Waals surface area contributed by atoms with Crippen LogP contribution in [0.25, 0.3) is 0 Å². The molecule has 5 nitrogen and oxygen atoms in total. The topological polar surface area (TPSA) is 54.5 Å². The fraction of sp³-hybridized carbons (Fsp3) is 0.400. The molecule has 1 N–H and O–H groups in total. The predicted octanol–water partition coefficient (Wildman–Crippen LogP) is 3.07. The smallest absolute Gasteiger partial charge is 0.251 e. The summed E-state index contributed by atoms with van der Waals surface area (Å²) in [5.41, 5.74) is 0.720. The number of amides is 1. The zero-order valence-corrected chi connectivity index (χ0v) is 15.7. The number of piperidine rings is 3. The maximum absolute atomic E-state index is 12.6. The third-order valence-electron chi connectivity index (χ3n) is 5.24. The molecule has 1 amide bonds. The average molecular weight is 369 g/mol. The van der Waals surface area contributed by atoms with Gasteiger partial charge in [-0.25, -0.2) is 4.98 Å². The molecule has 2 bridgehead atoms. The number of pyridine rings is 1.